The monoisotopic (exact) mass is 277 g/mol. The summed E-state index contributed by atoms with van der Waals surface area (Å²) < 4.78 is 1.51. The molecular weight excluding hydrogens is 266 g/mol. The molecule has 6 nitrogen and oxygen atoms in total. The maximum atomic E-state index is 12.3. The zero-order chi connectivity index (χ0) is 14.8. The number of nitrogens with zero attached hydrogens (tertiary/aromatic N) is 4. The number of aryl methyl sites for hydroxylation is 1. The lowest BCUT2D eigenvalue weighted by molar-refractivity contribution is 0.102. The largest absolute Gasteiger partial charge is 0.321 e. The molecule has 0 unspecified atom stereocenters. The Bertz CT molecular complexity index is 858. The highest BCUT2D eigenvalue weighted by Gasteiger charge is 2.12. The normalized spacial score (nSPS) is 10.3. The summed E-state index contributed by atoms with van der Waals surface area (Å²) in [7, 11) is 0. The molecule has 6 heteroatoms. The van der Waals surface area contributed by atoms with Crippen LogP contribution in [0.4, 0.5) is 5.69 Å². The van der Waals surface area contributed by atoms with Gasteiger partial charge in [0, 0.05) is 18.0 Å². The molecule has 0 radical (unpaired) electrons. The fourth-order valence-corrected chi connectivity index (χ4v) is 2.00. The molecule has 1 amide bonds. The van der Waals surface area contributed by atoms with Gasteiger partial charge in [-0.05, 0) is 37.3 Å². The molecule has 3 aromatic rings. The van der Waals surface area contributed by atoms with Crippen LogP contribution in [0.3, 0.4) is 0 Å². The second-order valence-electron chi connectivity index (χ2n) is 4.53. The fourth-order valence-electron chi connectivity index (χ4n) is 2.00. The Morgan fingerprint density at radius 3 is 2.76 bits per heavy atom. The number of hydrogen-bond donors (Lipinski definition) is 1. The summed E-state index contributed by atoms with van der Waals surface area (Å²) in [4.78, 5) is 16.5. The molecule has 21 heavy (non-hydrogen) atoms. The zero-order valence-electron chi connectivity index (χ0n) is 11.2. The number of aromatic nitrogens is 3. The highest BCUT2D eigenvalue weighted by atomic mass is 16.2. The first-order chi connectivity index (χ1) is 10.2. The first-order valence-electron chi connectivity index (χ1n) is 6.30. The van der Waals surface area contributed by atoms with Crippen molar-refractivity contribution in [3.05, 3.63) is 59.5 Å². The second-order valence-corrected chi connectivity index (χ2v) is 4.53. The van der Waals surface area contributed by atoms with Gasteiger partial charge in [-0.25, -0.2) is 9.50 Å². The van der Waals surface area contributed by atoms with Crippen molar-refractivity contribution in [2.24, 2.45) is 0 Å². The van der Waals surface area contributed by atoms with Crippen LogP contribution in [0, 0.1) is 18.3 Å². The van der Waals surface area contributed by atoms with Crippen LogP contribution in [0.5, 0.6) is 0 Å². The number of nitriles is 1. The van der Waals surface area contributed by atoms with Crippen molar-refractivity contribution in [1.82, 2.24) is 14.6 Å². The summed E-state index contributed by atoms with van der Waals surface area (Å²) in [5.74, 6) is -0.282. The van der Waals surface area contributed by atoms with Gasteiger partial charge in [-0.15, -0.1) is 0 Å². The van der Waals surface area contributed by atoms with E-state index in [1.165, 1.54) is 4.52 Å². The van der Waals surface area contributed by atoms with Crippen molar-refractivity contribution in [3.63, 3.8) is 0 Å². The van der Waals surface area contributed by atoms with Gasteiger partial charge in [0.15, 0.2) is 5.65 Å². The lowest BCUT2D eigenvalue weighted by Gasteiger charge is -2.06. The number of carbonyl (C=O) groups excluding carboxylic acids is 1. The molecule has 0 bridgehead atoms. The summed E-state index contributed by atoms with van der Waals surface area (Å²) in [6.45, 7) is 1.84. The quantitative estimate of drug-likeness (QED) is 0.778. The van der Waals surface area contributed by atoms with Crippen molar-refractivity contribution in [2.75, 3.05) is 5.32 Å². The summed E-state index contributed by atoms with van der Waals surface area (Å²) in [5, 5.41) is 15.8. The zero-order valence-corrected chi connectivity index (χ0v) is 11.2. The molecule has 2 aromatic heterocycles. The Balaban J connectivity index is 1.91. The van der Waals surface area contributed by atoms with E-state index < -0.39 is 0 Å². The minimum Gasteiger partial charge on any atom is -0.321 e. The third-order valence-electron chi connectivity index (χ3n) is 2.98. The molecule has 0 fully saturated rings. The van der Waals surface area contributed by atoms with Crippen molar-refractivity contribution in [1.29, 1.82) is 5.26 Å². The summed E-state index contributed by atoms with van der Waals surface area (Å²) >= 11 is 0. The molecule has 0 aliphatic heterocycles. The first-order valence-corrected chi connectivity index (χ1v) is 6.30. The average Bonchev–Trinajstić information content (AvgIpc) is 2.87. The van der Waals surface area contributed by atoms with E-state index in [0.29, 0.717) is 22.6 Å². The van der Waals surface area contributed by atoms with Crippen molar-refractivity contribution < 1.29 is 4.79 Å². The Kier molecular flexibility index (Phi) is 3.09. The van der Waals surface area contributed by atoms with Gasteiger partial charge in [-0.3, -0.25) is 4.79 Å². The van der Waals surface area contributed by atoms with Crippen LogP contribution in [0.25, 0.3) is 5.65 Å². The number of amides is 1. The summed E-state index contributed by atoms with van der Waals surface area (Å²) in [6, 6.07) is 12.1. The van der Waals surface area contributed by atoms with E-state index in [2.05, 4.69) is 15.4 Å². The van der Waals surface area contributed by atoms with Crippen LogP contribution in [0.2, 0.25) is 0 Å². The van der Waals surface area contributed by atoms with Crippen molar-refractivity contribution in [2.45, 2.75) is 6.92 Å². The fraction of sp³-hybridized carbons (Fsp3) is 0.0667. The van der Waals surface area contributed by atoms with Gasteiger partial charge in [-0.1, -0.05) is 0 Å². The van der Waals surface area contributed by atoms with Crippen LogP contribution in [-0.2, 0) is 0 Å². The van der Waals surface area contributed by atoms with Crippen molar-refractivity contribution in [3.8, 4) is 6.07 Å². The van der Waals surface area contributed by atoms with Gasteiger partial charge in [0.1, 0.15) is 5.69 Å². The Labute approximate surface area is 120 Å². The Morgan fingerprint density at radius 2 is 2.05 bits per heavy atom. The number of nitrogens with one attached hydrogen (secondary N) is 1. The van der Waals surface area contributed by atoms with E-state index in [1.54, 1.807) is 42.6 Å². The number of hydrogen-bond acceptors (Lipinski definition) is 4. The first kappa shape index (κ1) is 12.8. The highest BCUT2D eigenvalue weighted by molar-refractivity contribution is 6.03. The molecule has 2 heterocycles. The lowest BCUT2D eigenvalue weighted by atomic mass is 10.2. The smallest absolute Gasteiger partial charge is 0.274 e. The predicted molar refractivity (Wildman–Crippen MR) is 76.8 cm³/mol. The standard InChI is InChI=1S/C15H11N5O/c1-10-8-14-17-7-6-13(20(14)19-10)15(21)18-12-4-2-11(9-16)3-5-12/h2-8H,1H3,(H,18,21). The number of carbonyl (C=O) groups is 1. The van der Waals surface area contributed by atoms with Crippen LogP contribution in [0.15, 0.2) is 42.6 Å². The van der Waals surface area contributed by atoms with Gasteiger partial charge in [-0.2, -0.15) is 10.4 Å². The predicted octanol–water partition coefficient (Wildman–Crippen LogP) is 2.16. The SMILES string of the molecule is Cc1cc2nccc(C(=O)Nc3ccc(C#N)cc3)n2n1. The van der Waals surface area contributed by atoms with E-state index in [4.69, 9.17) is 5.26 Å². The maximum absolute atomic E-state index is 12.3. The summed E-state index contributed by atoms with van der Waals surface area (Å²) in [6.07, 6.45) is 1.57. The third kappa shape index (κ3) is 2.44. The molecule has 3 rings (SSSR count). The molecule has 0 aliphatic rings. The van der Waals surface area contributed by atoms with E-state index in [9.17, 15) is 4.79 Å². The molecule has 102 valence electrons. The average molecular weight is 277 g/mol. The van der Waals surface area contributed by atoms with Gasteiger partial charge in [0.05, 0.1) is 17.3 Å². The number of benzene rings is 1. The molecular formula is C15H11N5O. The molecule has 0 atom stereocenters. The van der Waals surface area contributed by atoms with Crippen LogP contribution >= 0.6 is 0 Å². The minimum atomic E-state index is -0.282. The van der Waals surface area contributed by atoms with Gasteiger partial charge >= 0.3 is 0 Å². The molecule has 0 spiro atoms. The van der Waals surface area contributed by atoms with Crippen molar-refractivity contribution >= 4 is 17.2 Å². The molecule has 1 N–H and O–H groups in total. The second kappa shape index (κ2) is 5.06. The molecule has 1 aromatic carbocycles. The van der Waals surface area contributed by atoms with E-state index in [1.807, 2.05) is 13.0 Å². The summed E-state index contributed by atoms with van der Waals surface area (Å²) in [5.41, 5.74) is 2.98. The van der Waals surface area contributed by atoms with E-state index in [0.717, 1.165) is 5.69 Å². The lowest BCUT2D eigenvalue weighted by Crippen LogP contribution is -2.16. The molecule has 0 saturated heterocycles. The molecule has 0 saturated carbocycles. The van der Waals surface area contributed by atoms with E-state index in [-0.39, 0.29) is 5.91 Å². The van der Waals surface area contributed by atoms with Gasteiger partial charge < -0.3 is 5.32 Å². The van der Waals surface area contributed by atoms with Crippen LogP contribution < -0.4 is 5.32 Å². The van der Waals surface area contributed by atoms with Crippen LogP contribution in [-0.4, -0.2) is 20.5 Å². The van der Waals surface area contributed by atoms with E-state index >= 15 is 0 Å². The highest BCUT2D eigenvalue weighted by Crippen LogP contribution is 2.12. The number of rotatable bonds is 2. The maximum Gasteiger partial charge on any atom is 0.274 e. The molecule has 0 aliphatic carbocycles. The van der Waals surface area contributed by atoms with Crippen LogP contribution in [0.1, 0.15) is 21.7 Å². The topological polar surface area (TPSA) is 83.1 Å². The third-order valence-corrected chi connectivity index (χ3v) is 2.98. The Hall–Kier alpha value is -3.20. The minimum absolute atomic E-state index is 0.282. The number of anilines is 1. The number of fused-ring (bicyclic) bond motifs is 1. The van der Waals surface area contributed by atoms with Gasteiger partial charge in [0.2, 0.25) is 0 Å². The van der Waals surface area contributed by atoms with Gasteiger partial charge in [0.25, 0.3) is 5.91 Å². The Morgan fingerprint density at radius 1 is 1.29 bits per heavy atom.